The lowest BCUT2D eigenvalue weighted by molar-refractivity contribution is -0.929. The van der Waals surface area contributed by atoms with E-state index >= 15 is 0 Å². The van der Waals surface area contributed by atoms with E-state index in [1.54, 1.807) is 7.05 Å². The van der Waals surface area contributed by atoms with Crippen LogP contribution in [0, 0.1) is 5.92 Å². The fraction of sp³-hybridized carbons (Fsp3) is 0.737. The van der Waals surface area contributed by atoms with Crippen LogP contribution in [-0.4, -0.2) is 44.0 Å². The summed E-state index contributed by atoms with van der Waals surface area (Å²) in [5, 5.41) is 0. The van der Waals surface area contributed by atoms with E-state index in [-0.39, 0.29) is 23.5 Å². The lowest BCUT2D eigenvalue weighted by Gasteiger charge is -2.32. The minimum absolute atomic E-state index is 0.203. The SMILES string of the molecule is CC(C)CCn1c(C[NH+]2C[C@@H](C)O[C@H](C)C2)nc2c1c(=O)n(C)c(=O)n2C. The van der Waals surface area contributed by atoms with Gasteiger partial charge in [-0.25, -0.2) is 9.78 Å². The number of fused-ring (bicyclic) bond motifs is 1. The molecule has 0 aliphatic carbocycles. The summed E-state index contributed by atoms with van der Waals surface area (Å²) in [5.41, 5.74) is 0.405. The summed E-state index contributed by atoms with van der Waals surface area (Å²) in [4.78, 5) is 31.3. The molecule has 1 aliphatic rings. The molecule has 150 valence electrons. The molecular weight excluding hydrogens is 346 g/mol. The second-order valence-corrected chi connectivity index (χ2v) is 8.33. The van der Waals surface area contributed by atoms with Crippen molar-refractivity contribution >= 4 is 11.2 Å². The zero-order chi connectivity index (χ0) is 19.9. The van der Waals surface area contributed by atoms with Crippen LogP contribution in [-0.2, 0) is 31.9 Å². The zero-order valence-corrected chi connectivity index (χ0v) is 17.3. The molecule has 1 N–H and O–H groups in total. The maximum absolute atomic E-state index is 12.8. The Morgan fingerprint density at radius 3 is 2.37 bits per heavy atom. The normalized spacial score (nSPS) is 23.4. The third kappa shape index (κ3) is 3.87. The Morgan fingerprint density at radius 1 is 1.15 bits per heavy atom. The van der Waals surface area contributed by atoms with E-state index in [9.17, 15) is 9.59 Å². The van der Waals surface area contributed by atoms with Gasteiger partial charge in [-0.3, -0.25) is 13.9 Å². The number of aryl methyl sites for hydroxylation is 2. The average Bonchev–Trinajstić information content (AvgIpc) is 2.93. The molecule has 3 heterocycles. The van der Waals surface area contributed by atoms with Crippen LogP contribution in [0.5, 0.6) is 0 Å². The van der Waals surface area contributed by atoms with E-state index in [1.807, 2.05) is 4.57 Å². The first-order valence-corrected chi connectivity index (χ1v) is 9.83. The Kier molecular flexibility index (Phi) is 5.58. The van der Waals surface area contributed by atoms with Crippen LogP contribution in [0.3, 0.4) is 0 Å². The van der Waals surface area contributed by atoms with E-state index in [4.69, 9.17) is 9.72 Å². The minimum atomic E-state index is -0.339. The molecule has 1 fully saturated rings. The first-order chi connectivity index (χ1) is 12.7. The van der Waals surface area contributed by atoms with Gasteiger partial charge in [-0.05, 0) is 26.2 Å². The third-order valence-corrected chi connectivity index (χ3v) is 5.38. The highest BCUT2D eigenvalue weighted by Gasteiger charge is 2.28. The topological polar surface area (TPSA) is 75.5 Å². The van der Waals surface area contributed by atoms with E-state index in [0.29, 0.717) is 17.1 Å². The number of hydrogen-bond acceptors (Lipinski definition) is 4. The maximum Gasteiger partial charge on any atom is 0.332 e. The van der Waals surface area contributed by atoms with Gasteiger partial charge in [0.15, 0.2) is 17.0 Å². The van der Waals surface area contributed by atoms with E-state index in [1.165, 1.54) is 21.1 Å². The highest BCUT2D eigenvalue weighted by molar-refractivity contribution is 5.71. The highest BCUT2D eigenvalue weighted by atomic mass is 16.5. The van der Waals surface area contributed by atoms with Crippen molar-refractivity contribution in [2.45, 2.75) is 59.4 Å². The van der Waals surface area contributed by atoms with Crippen LogP contribution in [0.1, 0.15) is 39.9 Å². The molecule has 3 rings (SSSR count). The molecule has 8 heteroatoms. The molecule has 1 saturated heterocycles. The molecule has 2 aromatic rings. The quantitative estimate of drug-likeness (QED) is 0.773. The highest BCUT2D eigenvalue weighted by Crippen LogP contribution is 2.14. The standard InChI is InChI=1S/C19H31N5O3/c1-12(2)7-8-24-15(11-23-9-13(3)27-14(4)10-23)20-17-16(24)18(25)22(6)19(26)21(17)5/h12-14H,7-11H2,1-6H3/p+1/t13-,14-/m1/s1. The number of rotatable bonds is 5. The van der Waals surface area contributed by atoms with E-state index in [2.05, 4.69) is 27.7 Å². The first-order valence-electron chi connectivity index (χ1n) is 9.83. The number of nitrogens with zero attached hydrogens (tertiary/aromatic N) is 4. The van der Waals surface area contributed by atoms with Crippen LogP contribution in [0.4, 0.5) is 0 Å². The molecule has 0 saturated carbocycles. The Labute approximate surface area is 159 Å². The van der Waals surface area contributed by atoms with Crippen LogP contribution >= 0.6 is 0 Å². The molecule has 27 heavy (non-hydrogen) atoms. The van der Waals surface area contributed by atoms with Gasteiger partial charge >= 0.3 is 5.69 Å². The molecule has 2 atom stereocenters. The maximum atomic E-state index is 12.8. The number of ether oxygens (including phenoxy) is 1. The number of imidazole rings is 1. The van der Waals surface area contributed by atoms with Crippen molar-refractivity contribution in [3.63, 3.8) is 0 Å². The van der Waals surface area contributed by atoms with Gasteiger partial charge in [0.2, 0.25) is 0 Å². The first kappa shape index (κ1) is 19.8. The predicted octanol–water partition coefficient (Wildman–Crippen LogP) is -0.328. The zero-order valence-electron chi connectivity index (χ0n) is 17.3. The summed E-state index contributed by atoms with van der Waals surface area (Å²) in [5.74, 6) is 1.39. The fourth-order valence-electron chi connectivity index (χ4n) is 4.01. The number of hydrogen-bond donors (Lipinski definition) is 1. The fourth-order valence-corrected chi connectivity index (χ4v) is 4.01. The Bertz CT molecular complexity index is 929. The second kappa shape index (κ2) is 7.59. The van der Waals surface area contributed by atoms with Crippen molar-refractivity contribution < 1.29 is 9.64 Å². The third-order valence-electron chi connectivity index (χ3n) is 5.38. The van der Waals surface area contributed by atoms with Gasteiger partial charge in [0.1, 0.15) is 31.8 Å². The smallest absolute Gasteiger partial charge is 0.332 e. The van der Waals surface area contributed by atoms with Crippen molar-refractivity contribution in [1.29, 1.82) is 0 Å². The van der Waals surface area contributed by atoms with Crippen LogP contribution < -0.4 is 16.1 Å². The molecule has 0 amide bonds. The summed E-state index contributed by atoms with van der Waals surface area (Å²) in [6.45, 7) is 11.8. The Balaban J connectivity index is 2.09. The largest absolute Gasteiger partial charge is 0.364 e. The molecule has 0 radical (unpaired) electrons. The Morgan fingerprint density at radius 2 is 1.78 bits per heavy atom. The van der Waals surface area contributed by atoms with Gasteiger partial charge in [0, 0.05) is 20.6 Å². The van der Waals surface area contributed by atoms with Gasteiger partial charge in [-0.2, -0.15) is 0 Å². The minimum Gasteiger partial charge on any atom is -0.364 e. The van der Waals surface area contributed by atoms with Crippen molar-refractivity contribution in [1.82, 2.24) is 18.7 Å². The van der Waals surface area contributed by atoms with Crippen LogP contribution in [0.25, 0.3) is 11.2 Å². The number of morpholine rings is 1. The molecule has 0 unspecified atom stereocenters. The summed E-state index contributed by atoms with van der Waals surface area (Å²) < 4.78 is 10.5. The summed E-state index contributed by atoms with van der Waals surface area (Å²) in [7, 11) is 3.21. The molecule has 1 aliphatic heterocycles. The van der Waals surface area contributed by atoms with Gasteiger partial charge in [-0.1, -0.05) is 13.8 Å². The summed E-state index contributed by atoms with van der Waals surface area (Å²) >= 11 is 0. The lowest BCUT2D eigenvalue weighted by Crippen LogP contribution is -3.14. The predicted molar refractivity (Wildman–Crippen MR) is 104 cm³/mol. The average molecular weight is 378 g/mol. The van der Waals surface area contributed by atoms with Crippen molar-refractivity contribution in [2.24, 2.45) is 20.0 Å². The summed E-state index contributed by atoms with van der Waals surface area (Å²) in [6.07, 6.45) is 1.36. The van der Waals surface area contributed by atoms with Crippen molar-refractivity contribution in [2.75, 3.05) is 13.1 Å². The van der Waals surface area contributed by atoms with Gasteiger partial charge < -0.3 is 14.2 Å². The second-order valence-electron chi connectivity index (χ2n) is 8.33. The molecule has 0 spiro atoms. The molecule has 0 bridgehead atoms. The van der Waals surface area contributed by atoms with Crippen molar-refractivity contribution in [3.05, 3.63) is 26.7 Å². The Hall–Kier alpha value is -1.93. The van der Waals surface area contributed by atoms with Gasteiger partial charge in [0.05, 0.1) is 0 Å². The molecule has 0 aromatic carbocycles. The molecule has 8 nitrogen and oxygen atoms in total. The lowest BCUT2D eigenvalue weighted by atomic mass is 10.1. The van der Waals surface area contributed by atoms with E-state index < -0.39 is 0 Å². The number of quaternary nitrogens is 1. The number of aromatic nitrogens is 4. The number of nitrogens with one attached hydrogen (secondary N) is 1. The van der Waals surface area contributed by atoms with Gasteiger partial charge in [0.25, 0.3) is 5.56 Å². The van der Waals surface area contributed by atoms with Crippen LogP contribution in [0.15, 0.2) is 9.59 Å². The van der Waals surface area contributed by atoms with E-state index in [0.717, 1.165) is 38.4 Å². The molecule has 2 aromatic heterocycles. The summed E-state index contributed by atoms with van der Waals surface area (Å²) in [6, 6.07) is 0. The molecular formula is C19H32N5O3+. The van der Waals surface area contributed by atoms with Crippen molar-refractivity contribution in [3.8, 4) is 0 Å². The monoisotopic (exact) mass is 378 g/mol. The van der Waals surface area contributed by atoms with Crippen LogP contribution in [0.2, 0.25) is 0 Å². The van der Waals surface area contributed by atoms with Gasteiger partial charge in [-0.15, -0.1) is 0 Å².